The third-order valence-electron chi connectivity index (χ3n) is 4.57. The van der Waals surface area contributed by atoms with E-state index in [0.717, 1.165) is 25.2 Å². The summed E-state index contributed by atoms with van der Waals surface area (Å²) in [7, 11) is 2.02. The van der Waals surface area contributed by atoms with Crippen molar-refractivity contribution in [2.45, 2.75) is 6.18 Å². The molecule has 3 heterocycles. The third-order valence-corrected chi connectivity index (χ3v) is 4.57. The van der Waals surface area contributed by atoms with Crippen LogP contribution < -0.4 is 4.90 Å². The van der Waals surface area contributed by atoms with E-state index < -0.39 is 11.7 Å². The van der Waals surface area contributed by atoms with Crippen molar-refractivity contribution in [3.05, 3.63) is 29.6 Å². The number of hydrogen-bond acceptors (Lipinski definition) is 6. The minimum Gasteiger partial charge on any atom is -0.351 e. The lowest BCUT2D eigenvalue weighted by molar-refractivity contribution is -0.137. The van der Waals surface area contributed by atoms with Gasteiger partial charge in [-0.25, -0.2) is 4.98 Å². The molecule has 0 radical (unpaired) electrons. The first-order valence-electron chi connectivity index (χ1n) is 7.97. The second-order valence-corrected chi connectivity index (χ2v) is 6.25. The molecule has 1 saturated heterocycles. The Morgan fingerprint density at radius 2 is 1.88 bits per heavy atom. The van der Waals surface area contributed by atoms with Gasteiger partial charge in [0.25, 0.3) is 0 Å². The van der Waals surface area contributed by atoms with Crippen molar-refractivity contribution in [1.82, 2.24) is 24.5 Å². The molecule has 1 aliphatic heterocycles. The highest BCUT2D eigenvalue weighted by Crippen LogP contribution is 2.34. The van der Waals surface area contributed by atoms with Crippen LogP contribution in [0.2, 0.25) is 0 Å². The van der Waals surface area contributed by atoms with Gasteiger partial charge >= 0.3 is 6.18 Å². The molecular weight excluding hydrogens is 347 g/mol. The van der Waals surface area contributed by atoms with E-state index in [1.165, 1.54) is 10.7 Å². The number of nitrogens with zero attached hydrogens (tertiary/aromatic N) is 7. The number of rotatable bonds is 1. The molecule has 2 aromatic heterocycles. The predicted molar refractivity (Wildman–Crippen MR) is 87.7 cm³/mol. The normalized spacial score (nSPS) is 16.3. The highest BCUT2D eigenvalue weighted by atomic mass is 19.4. The standard InChI is InChI=1S/C16H14F3N7/c1-24-2-4-25(5-3-24)14-15-23-21-9-26(15)12-7-11(16(17,18)19)6-10(8-20)13(12)22-14/h6-7,9H,2-5H2,1H3. The van der Waals surface area contributed by atoms with Crippen molar-refractivity contribution in [2.24, 2.45) is 0 Å². The highest BCUT2D eigenvalue weighted by Gasteiger charge is 2.32. The average molecular weight is 361 g/mol. The number of benzene rings is 1. The number of anilines is 1. The van der Waals surface area contributed by atoms with Gasteiger partial charge in [-0.3, -0.25) is 4.40 Å². The number of likely N-dealkylation sites (N-methyl/N-ethyl adjacent to an activating group) is 1. The summed E-state index contributed by atoms with van der Waals surface area (Å²) in [4.78, 5) is 8.70. The predicted octanol–water partition coefficient (Wildman–Crippen LogP) is 1.92. The molecule has 7 nitrogen and oxygen atoms in total. The van der Waals surface area contributed by atoms with Crippen LogP contribution in [-0.4, -0.2) is 57.7 Å². The van der Waals surface area contributed by atoms with Crippen molar-refractivity contribution < 1.29 is 13.2 Å². The Labute approximate surface area is 146 Å². The molecule has 0 amide bonds. The first kappa shape index (κ1) is 16.5. The van der Waals surface area contributed by atoms with Crippen LogP contribution >= 0.6 is 0 Å². The van der Waals surface area contributed by atoms with Crippen LogP contribution in [0, 0.1) is 11.3 Å². The van der Waals surface area contributed by atoms with Crippen LogP contribution in [0.3, 0.4) is 0 Å². The summed E-state index contributed by atoms with van der Waals surface area (Å²) in [6.45, 7) is 3.08. The molecule has 3 aromatic rings. The van der Waals surface area contributed by atoms with E-state index in [4.69, 9.17) is 0 Å². The van der Waals surface area contributed by atoms with Crippen molar-refractivity contribution in [3.8, 4) is 6.07 Å². The Morgan fingerprint density at radius 3 is 2.54 bits per heavy atom. The number of halogens is 3. The molecule has 4 rings (SSSR count). The van der Waals surface area contributed by atoms with Crippen LogP contribution in [0.25, 0.3) is 16.7 Å². The van der Waals surface area contributed by atoms with Gasteiger partial charge in [-0.2, -0.15) is 18.4 Å². The number of hydrogen-bond donors (Lipinski definition) is 0. The Morgan fingerprint density at radius 1 is 1.15 bits per heavy atom. The van der Waals surface area contributed by atoms with Gasteiger partial charge in [-0.1, -0.05) is 0 Å². The van der Waals surface area contributed by atoms with Gasteiger partial charge in [-0.15, -0.1) is 10.2 Å². The van der Waals surface area contributed by atoms with E-state index in [9.17, 15) is 18.4 Å². The lowest BCUT2D eigenvalue weighted by Crippen LogP contribution is -2.45. The summed E-state index contributed by atoms with van der Waals surface area (Å²) in [6.07, 6.45) is -3.21. The smallest absolute Gasteiger partial charge is 0.351 e. The molecule has 0 saturated carbocycles. The zero-order chi connectivity index (χ0) is 18.5. The number of piperazine rings is 1. The molecular formula is C16H14F3N7. The lowest BCUT2D eigenvalue weighted by atomic mass is 10.1. The summed E-state index contributed by atoms with van der Waals surface area (Å²) in [5, 5.41) is 17.2. The number of nitriles is 1. The summed E-state index contributed by atoms with van der Waals surface area (Å²) in [5.74, 6) is 0.527. The van der Waals surface area contributed by atoms with E-state index in [1.54, 1.807) is 0 Å². The van der Waals surface area contributed by atoms with Gasteiger partial charge in [0.1, 0.15) is 17.9 Å². The van der Waals surface area contributed by atoms with Gasteiger partial charge < -0.3 is 9.80 Å². The first-order valence-corrected chi connectivity index (χ1v) is 7.97. The van der Waals surface area contributed by atoms with Crippen molar-refractivity contribution >= 4 is 22.5 Å². The maximum Gasteiger partial charge on any atom is 0.416 e. The van der Waals surface area contributed by atoms with E-state index >= 15 is 0 Å². The zero-order valence-electron chi connectivity index (χ0n) is 13.8. The largest absolute Gasteiger partial charge is 0.416 e. The van der Waals surface area contributed by atoms with Crippen molar-refractivity contribution in [1.29, 1.82) is 5.26 Å². The average Bonchev–Trinajstić information content (AvgIpc) is 3.10. The minimum atomic E-state index is -4.56. The molecule has 10 heteroatoms. The molecule has 0 N–H and O–H groups in total. The van der Waals surface area contributed by atoms with Crippen LogP contribution in [0.1, 0.15) is 11.1 Å². The summed E-state index contributed by atoms with van der Waals surface area (Å²) >= 11 is 0. The van der Waals surface area contributed by atoms with Gasteiger partial charge in [0.15, 0.2) is 5.82 Å². The molecule has 0 bridgehead atoms. The fourth-order valence-electron chi connectivity index (χ4n) is 3.12. The third kappa shape index (κ3) is 2.61. The van der Waals surface area contributed by atoms with Gasteiger partial charge in [-0.05, 0) is 19.2 Å². The second kappa shape index (κ2) is 5.81. The van der Waals surface area contributed by atoms with Crippen LogP contribution in [-0.2, 0) is 6.18 Å². The summed E-state index contributed by atoms with van der Waals surface area (Å²) in [5.41, 5.74) is -0.271. The van der Waals surface area contributed by atoms with E-state index in [1.807, 2.05) is 18.0 Å². The fourth-order valence-corrected chi connectivity index (χ4v) is 3.12. The molecule has 0 spiro atoms. The summed E-state index contributed by atoms with van der Waals surface area (Å²) in [6, 6.07) is 3.65. The van der Waals surface area contributed by atoms with E-state index in [2.05, 4.69) is 20.1 Å². The number of fused-ring (bicyclic) bond motifs is 3. The molecule has 0 atom stereocenters. The van der Waals surface area contributed by atoms with Gasteiger partial charge in [0, 0.05) is 26.2 Å². The number of alkyl halides is 3. The van der Waals surface area contributed by atoms with Crippen LogP contribution in [0.5, 0.6) is 0 Å². The van der Waals surface area contributed by atoms with E-state index in [0.29, 0.717) is 24.6 Å². The Hall–Kier alpha value is -2.93. The summed E-state index contributed by atoms with van der Waals surface area (Å²) < 4.78 is 41.0. The van der Waals surface area contributed by atoms with Gasteiger partial charge in [0.05, 0.1) is 16.6 Å². The molecule has 1 fully saturated rings. The Kier molecular flexibility index (Phi) is 3.69. The SMILES string of the molecule is CN1CCN(c2nc3c(C#N)cc(C(F)(F)F)cc3n3cnnc23)CC1. The fraction of sp³-hybridized carbons (Fsp3) is 0.375. The van der Waals surface area contributed by atoms with E-state index in [-0.39, 0.29) is 16.6 Å². The van der Waals surface area contributed by atoms with Gasteiger partial charge in [0.2, 0.25) is 5.65 Å². The maximum absolute atomic E-state index is 13.2. The topological polar surface area (TPSA) is 73.3 Å². The van der Waals surface area contributed by atoms with Crippen LogP contribution in [0.4, 0.5) is 19.0 Å². The zero-order valence-corrected chi connectivity index (χ0v) is 13.8. The Balaban J connectivity index is 1.98. The molecule has 26 heavy (non-hydrogen) atoms. The maximum atomic E-state index is 13.2. The lowest BCUT2D eigenvalue weighted by Gasteiger charge is -2.33. The number of aromatic nitrogens is 4. The van der Waals surface area contributed by atoms with Crippen molar-refractivity contribution in [2.75, 3.05) is 38.1 Å². The van der Waals surface area contributed by atoms with Crippen LogP contribution in [0.15, 0.2) is 18.5 Å². The highest BCUT2D eigenvalue weighted by molar-refractivity contribution is 5.87. The molecule has 1 aromatic carbocycles. The molecule has 0 unspecified atom stereocenters. The second-order valence-electron chi connectivity index (χ2n) is 6.25. The Bertz CT molecular complexity index is 1030. The van der Waals surface area contributed by atoms with Crippen molar-refractivity contribution in [3.63, 3.8) is 0 Å². The quantitative estimate of drug-likeness (QED) is 0.659. The molecule has 1 aliphatic rings. The molecule has 0 aliphatic carbocycles. The monoisotopic (exact) mass is 361 g/mol. The first-order chi connectivity index (χ1) is 12.4. The molecule has 134 valence electrons. The minimum absolute atomic E-state index is 0.124.